The molecule has 0 saturated heterocycles. The van der Waals surface area contributed by atoms with E-state index in [1.807, 2.05) is 6.92 Å². The van der Waals surface area contributed by atoms with Crippen LogP contribution in [0.5, 0.6) is 0 Å². The van der Waals surface area contributed by atoms with Crippen LogP contribution in [0.1, 0.15) is 24.1 Å². The molecule has 1 unspecified atom stereocenters. The molecular weight excluding hydrogens is 357 g/mol. The minimum atomic E-state index is -3.74. The average molecular weight is 372 g/mol. The van der Waals surface area contributed by atoms with E-state index in [2.05, 4.69) is 20.7 Å². The van der Waals surface area contributed by atoms with Gasteiger partial charge in [-0.25, -0.2) is 17.5 Å². The van der Waals surface area contributed by atoms with Gasteiger partial charge in [0.15, 0.2) is 0 Å². The van der Waals surface area contributed by atoms with Crippen LogP contribution in [-0.2, 0) is 10.0 Å². The molecule has 3 nitrogen and oxygen atoms in total. The molecule has 0 aromatic heterocycles. The lowest BCUT2D eigenvalue weighted by molar-refractivity contribution is 0.549. The van der Waals surface area contributed by atoms with Crippen LogP contribution in [0.3, 0.4) is 0 Å². The van der Waals surface area contributed by atoms with E-state index < -0.39 is 21.9 Å². The summed E-state index contributed by atoms with van der Waals surface area (Å²) in [5.74, 6) is -0.435. The van der Waals surface area contributed by atoms with E-state index in [1.54, 1.807) is 37.3 Å². The van der Waals surface area contributed by atoms with E-state index in [4.69, 9.17) is 0 Å². The molecule has 6 heteroatoms. The second-order valence-electron chi connectivity index (χ2n) is 4.80. The van der Waals surface area contributed by atoms with E-state index in [0.29, 0.717) is 10.0 Å². The molecule has 2 aromatic rings. The van der Waals surface area contributed by atoms with Gasteiger partial charge < -0.3 is 0 Å². The number of aryl methyl sites for hydroxylation is 1. The van der Waals surface area contributed by atoms with Crippen molar-refractivity contribution in [2.75, 3.05) is 0 Å². The maximum atomic E-state index is 13.7. The first-order valence-electron chi connectivity index (χ1n) is 6.34. The van der Waals surface area contributed by atoms with Crippen molar-refractivity contribution in [3.05, 3.63) is 63.9 Å². The van der Waals surface area contributed by atoms with Crippen molar-refractivity contribution >= 4 is 26.0 Å². The van der Waals surface area contributed by atoms with Crippen LogP contribution in [0.15, 0.2) is 51.8 Å². The van der Waals surface area contributed by atoms with Gasteiger partial charge in [-0.15, -0.1) is 0 Å². The van der Waals surface area contributed by atoms with Crippen LogP contribution in [0, 0.1) is 12.7 Å². The molecule has 0 aliphatic carbocycles. The fourth-order valence-corrected chi connectivity index (χ4v) is 4.42. The monoisotopic (exact) mass is 371 g/mol. The number of hydrogen-bond donors (Lipinski definition) is 1. The van der Waals surface area contributed by atoms with Crippen molar-refractivity contribution in [1.82, 2.24) is 4.72 Å². The van der Waals surface area contributed by atoms with E-state index in [-0.39, 0.29) is 4.90 Å². The summed E-state index contributed by atoms with van der Waals surface area (Å²) in [5, 5.41) is 0. The second-order valence-corrected chi connectivity index (χ2v) is 7.34. The predicted octanol–water partition coefficient (Wildman–Crippen LogP) is 3.94. The number of halogens is 2. The highest BCUT2D eigenvalue weighted by atomic mass is 79.9. The minimum Gasteiger partial charge on any atom is -0.207 e. The lowest BCUT2D eigenvalue weighted by Gasteiger charge is -2.16. The first-order chi connectivity index (χ1) is 9.81. The highest BCUT2D eigenvalue weighted by Crippen LogP contribution is 2.25. The third kappa shape index (κ3) is 3.70. The van der Waals surface area contributed by atoms with Crippen LogP contribution in [0.4, 0.5) is 4.39 Å². The molecule has 0 fully saturated rings. The summed E-state index contributed by atoms with van der Waals surface area (Å²) in [6.07, 6.45) is 0. The van der Waals surface area contributed by atoms with Gasteiger partial charge in [-0.3, -0.25) is 0 Å². The standard InChI is InChI=1S/C15H15BrFNO2S/c1-10-7-8-15(13(16)9-10)21(19,20)18-11(2)12-5-3-4-6-14(12)17/h3-9,11,18H,1-2H3. The summed E-state index contributed by atoms with van der Waals surface area (Å²) in [5.41, 5.74) is 1.26. The Kier molecular flexibility index (Phi) is 4.81. The number of sulfonamides is 1. The van der Waals surface area contributed by atoms with Crippen molar-refractivity contribution < 1.29 is 12.8 Å². The Bertz CT molecular complexity index is 762. The van der Waals surface area contributed by atoms with Gasteiger partial charge in [0.25, 0.3) is 0 Å². The van der Waals surface area contributed by atoms with Gasteiger partial charge in [0.1, 0.15) is 5.82 Å². The molecule has 0 radical (unpaired) electrons. The van der Waals surface area contributed by atoms with Gasteiger partial charge in [0.05, 0.1) is 4.90 Å². The summed E-state index contributed by atoms with van der Waals surface area (Å²) >= 11 is 3.25. The average Bonchev–Trinajstić information content (AvgIpc) is 2.37. The fourth-order valence-electron chi connectivity index (χ4n) is 2.01. The quantitative estimate of drug-likeness (QED) is 0.884. The van der Waals surface area contributed by atoms with Crippen molar-refractivity contribution in [3.8, 4) is 0 Å². The van der Waals surface area contributed by atoms with Crippen molar-refractivity contribution in [3.63, 3.8) is 0 Å². The van der Waals surface area contributed by atoms with Crippen molar-refractivity contribution in [1.29, 1.82) is 0 Å². The summed E-state index contributed by atoms with van der Waals surface area (Å²) in [4.78, 5) is 0.135. The van der Waals surface area contributed by atoms with Gasteiger partial charge in [0, 0.05) is 16.1 Å². The lowest BCUT2D eigenvalue weighted by Crippen LogP contribution is -2.27. The van der Waals surface area contributed by atoms with Gasteiger partial charge in [-0.2, -0.15) is 0 Å². The van der Waals surface area contributed by atoms with E-state index >= 15 is 0 Å². The number of nitrogens with one attached hydrogen (secondary N) is 1. The molecule has 0 aliphatic rings. The maximum Gasteiger partial charge on any atom is 0.242 e. The van der Waals surface area contributed by atoms with Crippen molar-refractivity contribution in [2.45, 2.75) is 24.8 Å². The number of hydrogen-bond acceptors (Lipinski definition) is 2. The zero-order chi connectivity index (χ0) is 15.6. The molecule has 0 saturated carbocycles. The van der Waals surface area contributed by atoms with Gasteiger partial charge in [-0.05, 0) is 53.5 Å². The third-order valence-electron chi connectivity index (χ3n) is 3.08. The van der Waals surface area contributed by atoms with Crippen LogP contribution < -0.4 is 4.72 Å². The van der Waals surface area contributed by atoms with Crippen LogP contribution >= 0.6 is 15.9 Å². The molecule has 0 spiro atoms. The molecule has 1 atom stereocenters. The minimum absolute atomic E-state index is 0.135. The Balaban J connectivity index is 2.31. The fraction of sp³-hybridized carbons (Fsp3) is 0.200. The Hall–Kier alpha value is -1.24. The molecule has 112 valence electrons. The topological polar surface area (TPSA) is 46.2 Å². The summed E-state index contributed by atoms with van der Waals surface area (Å²) < 4.78 is 41.5. The second kappa shape index (κ2) is 6.25. The smallest absolute Gasteiger partial charge is 0.207 e. The Morgan fingerprint density at radius 3 is 2.48 bits per heavy atom. The van der Waals surface area contributed by atoms with Crippen LogP contribution in [0.2, 0.25) is 0 Å². The first-order valence-corrected chi connectivity index (χ1v) is 8.62. The molecule has 1 N–H and O–H groups in total. The van der Waals surface area contributed by atoms with E-state index in [0.717, 1.165) is 5.56 Å². The predicted molar refractivity (Wildman–Crippen MR) is 84.0 cm³/mol. The number of rotatable bonds is 4. The van der Waals surface area contributed by atoms with Gasteiger partial charge in [-0.1, -0.05) is 24.3 Å². The molecule has 0 amide bonds. The molecule has 0 heterocycles. The highest BCUT2D eigenvalue weighted by Gasteiger charge is 2.22. The normalized spacial score (nSPS) is 13.1. The van der Waals surface area contributed by atoms with Crippen molar-refractivity contribution in [2.24, 2.45) is 0 Å². The largest absolute Gasteiger partial charge is 0.242 e. The zero-order valence-corrected chi connectivity index (χ0v) is 14.0. The summed E-state index contributed by atoms with van der Waals surface area (Å²) in [7, 11) is -3.74. The van der Waals surface area contributed by atoms with Crippen LogP contribution in [-0.4, -0.2) is 8.42 Å². The Morgan fingerprint density at radius 1 is 1.19 bits per heavy atom. The van der Waals surface area contributed by atoms with Gasteiger partial charge in [0.2, 0.25) is 10.0 Å². The Labute approximate surface area is 132 Å². The van der Waals surface area contributed by atoms with E-state index in [9.17, 15) is 12.8 Å². The number of benzene rings is 2. The Morgan fingerprint density at radius 2 is 1.86 bits per heavy atom. The third-order valence-corrected chi connectivity index (χ3v) is 5.60. The highest BCUT2D eigenvalue weighted by molar-refractivity contribution is 9.10. The maximum absolute atomic E-state index is 13.7. The van der Waals surface area contributed by atoms with Gasteiger partial charge >= 0.3 is 0 Å². The molecule has 2 aromatic carbocycles. The molecule has 0 aliphatic heterocycles. The lowest BCUT2D eigenvalue weighted by atomic mass is 10.1. The SMILES string of the molecule is Cc1ccc(S(=O)(=O)NC(C)c2ccccc2F)c(Br)c1. The van der Waals surface area contributed by atoms with Crippen LogP contribution in [0.25, 0.3) is 0 Å². The zero-order valence-electron chi connectivity index (χ0n) is 11.6. The molecule has 0 bridgehead atoms. The molecule has 2 rings (SSSR count). The summed E-state index contributed by atoms with van der Waals surface area (Å²) in [6.45, 7) is 3.48. The first kappa shape index (κ1) is 16.1. The van der Waals surface area contributed by atoms with E-state index in [1.165, 1.54) is 12.1 Å². The summed E-state index contributed by atoms with van der Waals surface area (Å²) in [6, 6.07) is 10.4. The molecule has 21 heavy (non-hydrogen) atoms. The molecular formula is C15H15BrFNO2S.